The summed E-state index contributed by atoms with van der Waals surface area (Å²) in [7, 11) is 1.46. The number of benzene rings is 2. The Bertz CT molecular complexity index is 1080. The number of phenols is 1. The first-order valence-corrected chi connectivity index (χ1v) is 9.66. The molecule has 0 unspecified atom stereocenters. The zero-order valence-corrected chi connectivity index (χ0v) is 17.9. The van der Waals surface area contributed by atoms with Crippen molar-refractivity contribution in [1.82, 2.24) is 15.2 Å². The van der Waals surface area contributed by atoms with Crippen LogP contribution in [0.4, 0.5) is 0 Å². The third kappa shape index (κ3) is 5.03. The van der Waals surface area contributed by atoms with E-state index in [1.165, 1.54) is 13.3 Å². The van der Waals surface area contributed by atoms with E-state index in [4.69, 9.17) is 4.74 Å². The monoisotopic (exact) mass is 456 g/mol. The molecule has 2 aromatic carbocycles. The molecule has 8 heteroatoms. The van der Waals surface area contributed by atoms with Crippen molar-refractivity contribution < 1.29 is 14.6 Å². The number of nitrogens with zero attached hydrogens (tertiary/aromatic N) is 3. The van der Waals surface area contributed by atoms with Gasteiger partial charge in [0.2, 0.25) is 0 Å². The van der Waals surface area contributed by atoms with Crippen molar-refractivity contribution in [3.8, 4) is 11.5 Å². The number of phenolic OH excluding ortho intramolecular Hbond substituents is 1. The van der Waals surface area contributed by atoms with Gasteiger partial charge in [0.1, 0.15) is 0 Å². The van der Waals surface area contributed by atoms with Crippen molar-refractivity contribution in [2.24, 2.45) is 5.10 Å². The molecule has 0 aliphatic carbocycles. The van der Waals surface area contributed by atoms with Gasteiger partial charge in [-0.15, -0.1) is 0 Å². The predicted octanol–water partition coefficient (Wildman–Crippen LogP) is 3.79. The number of hydrazone groups is 1. The Balaban J connectivity index is 1.71. The lowest BCUT2D eigenvalue weighted by Crippen LogP contribution is -2.18. The molecule has 0 bridgehead atoms. The largest absolute Gasteiger partial charge is 0.504 e. The molecule has 0 aliphatic heterocycles. The Hall–Kier alpha value is -3.13. The number of hydrogen-bond acceptors (Lipinski definition) is 5. The molecule has 7 nitrogen and oxygen atoms in total. The molecule has 0 fully saturated rings. The van der Waals surface area contributed by atoms with E-state index < -0.39 is 0 Å². The maximum Gasteiger partial charge on any atom is 0.271 e. The van der Waals surface area contributed by atoms with E-state index in [-0.39, 0.29) is 11.7 Å². The molecular weight excluding hydrogens is 436 g/mol. The fourth-order valence-corrected chi connectivity index (χ4v) is 3.35. The van der Waals surface area contributed by atoms with Crippen LogP contribution >= 0.6 is 15.9 Å². The molecule has 0 atom stereocenters. The summed E-state index contributed by atoms with van der Waals surface area (Å²) in [6.07, 6.45) is 1.36. The number of carbonyl (C=O) groups is 1. The number of aromatic nitrogens is 2. The van der Waals surface area contributed by atoms with Crippen molar-refractivity contribution in [1.29, 1.82) is 0 Å². The molecule has 3 rings (SSSR count). The maximum atomic E-state index is 12.4. The van der Waals surface area contributed by atoms with Gasteiger partial charge in [-0.2, -0.15) is 10.2 Å². The molecule has 29 heavy (non-hydrogen) atoms. The zero-order chi connectivity index (χ0) is 21.0. The number of hydrogen-bond donors (Lipinski definition) is 2. The number of ether oxygens (including phenoxy) is 1. The minimum absolute atomic E-state index is 0.0550. The van der Waals surface area contributed by atoms with Crippen molar-refractivity contribution >= 4 is 28.1 Å². The van der Waals surface area contributed by atoms with Crippen molar-refractivity contribution in [2.45, 2.75) is 20.4 Å². The van der Waals surface area contributed by atoms with Crippen LogP contribution in [0, 0.1) is 13.8 Å². The second kappa shape index (κ2) is 8.91. The number of aryl methyl sites for hydroxylation is 2. The van der Waals surface area contributed by atoms with Gasteiger partial charge in [0.15, 0.2) is 11.5 Å². The summed E-state index contributed by atoms with van der Waals surface area (Å²) >= 11 is 3.34. The van der Waals surface area contributed by atoms with Crippen LogP contribution < -0.4 is 10.2 Å². The molecule has 1 heterocycles. The Morgan fingerprint density at radius 1 is 1.31 bits per heavy atom. The first-order valence-electron chi connectivity index (χ1n) is 8.87. The van der Waals surface area contributed by atoms with Crippen molar-refractivity contribution in [3.05, 3.63) is 75.0 Å². The highest BCUT2D eigenvalue weighted by Gasteiger charge is 2.10. The SMILES string of the molecule is COc1cc(Br)cc(/C=N/NC(=O)c2cccc(Cn3nc(C)cc3C)c2)c1O. The summed E-state index contributed by atoms with van der Waals surface area (Å²) < 4.78 is 7.71. The minimum atomic E-state index is -0.349. The van der Waals surface area contributed by atoms with Crippen LogP contribution in [0.25, 0.3) is 0 Å². The summed E-state index contributed by atoms with van der Waals surface area (Å²) in [5.74, 6) is -0.0949. The number of carbonyl (C=O) groups excluding carboxylic acids is 1. The standard InChI is InChI=1S/C21H21BrN4O3/c1-13-7-14(2)26(25-13)12-15-5-4-6-16(8-15)21(28)24-23-11-17-9-18(22)10-19(29-3)20(17)27/h4-11,27H,12H2,1-3H3,(H,24,28)/b23-11+. The van der Waals surface area contributed by atoms with Gasteiger partial charge < -0.3 is 9.84 Å². The topological polar surface area (TPSA) is 88.7 Å². The van der Waals surface area contributed by atoms with Gasteiger partial charge in [-0.25, -0.2) is 5.43 Å². The van der Waals surface area contributed by atoms with E-state index in [2.05, 4.69) is 31.6 Å². The summed E-state index contributed by atoms with van der Waals surface area (Å²) in [5.41, 5.74) is 6.35. The molecule has 3 aromatic rings. The predicted molar refractivity (Wildman–Crippen MR) is 115 cm³/mol. The number of aromatic hydroxyl groups is 1. The number of rotatable bonds is 6. The molecule has 1 aromatic heterocycles. The maximum absolute atomic E-state index is 12.4. The van der Waals surface area contributed by atoms with E-state index in [1.54, 1.807) is 24.3 Å². The normalized spacial score (nSPS) is 11.0. The van der Waals surface area contributed by atoms with Crippen LogP contribution in [-0.4, -0.2) is 34.1 Å². The molecule has 2 N–H and O–H groups in total. The fourth-order valence-electron chi connectivity index (χ4n) is 2.89. The molecule has 0 saturated carbocycles. The molecule has 1 amide bonds. The van der Waals surface area contributed by atoms with E-state index in [0.717, 1.165) is 21.4 Å². The quantitative estimate of drug-likeness (QED) is 0.436. The number of nitrogens with one attached hydrogen (secondary N) is 1. The number of halogens is 1. The van der Waals surface area contributed by atoms with Gasteiger partial charge in [-0.05, 0) is 49.7 Å². The van der Waals surface area contributed by atoms with Crippen LogP contribution in [0.3, 0.4) is 0 Å². The van der Waals surface area contributed by atoms with Gasteiger partial charge in [0, 0.05) is 21.3 Å². The Kier molecular flexibility index (Phi) is 6.33. The molecule has 150 valence electrons. The molecule has 0 spiro atoms. The Morgan fingerprint density at radius 3 is 2.79 bits per heavy atom. The summed E-state index contributed by atoms with van der Waals surface area (Å²) in [4.78, 5) is 12.4. The van der Waals surface area contributed by atoms with Gasteiger partial charge in [-0.1, -0.05) is 28.1 Å². The van der Waals surface area contributed by atoms with Crippen LogP contribution in [0.1, 0.15) is 32.9 Å². The van der Waals surface area contributed by atoms with E-state index in [1.807, 2.05) is 36.7 Å². The van der Waals surface area contributed by atoms with Crippen LogP contribution in [0.15, 0.2) is 52.0 Å². The van der Waals surface area contributed by atoms with Crippen LogP contribution in [-0.2, 0) is 6.54 Å². The average Bonchev–Trinajstić information content (AvgIpc) is 3.01. The lowest BCUT2D eigenvalue weighted by Gasteiger charge is -2.07. The van der Waals surface area contributed by atoms with Gasteiger partial charge in [-0.3, -0.25) is 9.48 Å². The molecule has 0 saturated heterocycles. The second-order valence-corrected chi connectivity index (χ2v) is 7.45. The number of methoxy groups -OCH3 is 1. The summed E-state index contributed by atoms with van der Waals surface area (Å²) in [6.45, 7) is 4.53. The fraction of sp³-hybridized carbons (Fsp3) is 0.190. The molecular formula is C21H21BrN4O3. The smallest absolute Gasteiger partial charge is 0.271 e. The van der Waals surface area contributed by atoms with Gasteiger partial charge >= 0.3 is 0 Å². The Labute approximate surface area is 177 Å². The van der Waals surface area contributed by atoms with Crippen molar-refractivity contribution in [3.63, 3.8) is 0 Å². The minimum Gasteiger partial charge on any atom is -0.504 e. The second-order valence-electron chi connectivity index (χ2n) is 6.53. The third-order valence-electron chi connectivity index (χ3n) is 4.28. The Morgan fingerprint density at radius 2 is 2.10 bits per heavy atom. The first kappa shape index (κ1) is 20.6. The number of amides is 1. The van der Waals surface area contributed by atoms with E-state index >= 15 is 0 Å². The van der Waals surface area contributed by atoms with Crippen molar-refractivity contribution in [2.75, 3.05) is 7.11 Å². The average molecular weight is 457 g/mol. The highest BCUT2D eigenvalue weighted by atomic mass is 79.9. The molecule has 0 aliphatic rings. The third-order valence-corrected chi connectivity index (χ3v) is 4.74. The first-order chi connectivity index (χ1) is 13.9. The lowest BCUT2D eigenvalue weighted by atomic mass is 10.1. The summed E-state index contributed by atoms with van der Waals surface area (Å²) in [5, 5.41) is 18.5. The lowest BCUT2D eigenvalue weighted by molar-refractivity contribution is 0.0955. The van der Waals surface area contributed by atoms with Crippen LogP contribution in [0.5, 0.6) is 11.5 Å². The molecule has 0 radical (unpaired) electrons. The zero-order valence-electron chi connectivity index (χ0n) is 16.3. The summed E-state index contributed by atoms with van der Waals surface area (Å²) in [6, 6.07) is 12.6. The highest BCUT2D eigenvalue weighted by Crippen LogP contribution is 2.32. The highest BCUT2D eigenvalue weighted by molar-refractivity contribution is 9.10. The van der Waals surface area contributed by atoms with Gasteiger partial charge in [0.25, 0.3) is 5.91 Å². The van der Waals surface area contributed by atoms with E-state index in [0.29, 0.717) is 23.4 Å². The van der Waals surface area contributed by atoms with Gasteiger partial charge in [0.05, 0.1) is 25.6 Å². The van der Waals surface area contributed by atoms with E-state index in [9.17, 15) is 9.90 Å². The van der Waals surface area contributed by atoms with Crippen LogP contribution in [0.2, 0.25) is 0 Å².